The number of hydrogen-bond donors (Lipinski definition) is 6. The van der Waals surface area contributed by atoms with Crippen LogP contribution in [0.5, 0.6) is 5.75 Å². The molecule has 0 aromatic heterocycles. The van der Waals surface area contributed by atoms with Gasteiger partial charge in [0.15, 0.2) is 0 Å². The lowest BCUT2D eigenvalue weighted by Gasteiger charge is -2.53. The van der Waals surface area contributed by atoms with E-state index in [4.69, 9.17) is 0 Å². The molecule has 0 bridgehead atoms. The molecule has 8 nitrogen and oxygen atoms in total. The molecule has 196 valence electrons. The van der Waals surface area contributed by atoms with E-state index in [1.807, 2.05) is 0 Å². The molecule has 3 atom stereocenters. The molecule has 1 aromatic carbocycles. The zero-order chi connectivity index (χ0) is 24.9. The van der Waals surface area contributed by atoms with Crippen molar-refractivity contribution < 1.29 is 27.9 Å². The molecule has 1 aliphatic heterocycles. The van der Waals surface area contributed by atoms with E-state index in [0.29, 0.717) is 11.6 Å². The minimum Gasteiger partial charge on any atom is -0.406 e. The van der Waals surface area contributed by atoms with Crippen molar-refractivity contribution in [2.75, 3.05) is 5.32 Å². The number of carbonyl (C=O) groups is 1. The van der Waals surface area contributed by atoms with Crippen molar-refractivity contribution in [3.63, 3.8) is 0 Å². The number of alkyl halides is 3. The van der Waals surface area contributed by atoms with E-state index in [2.05, 4.69) is 31.5 Å². The number of amides is 2. The van der Waals surface area contributed by atoms with Gasteiger partial charge in [-0.3, -0.25) is 10.6 Å². The molecule has 1 aromatic rings. The van der Waals surface area contributed by atoms with Crippen LogP contribution in [0.25, 0.3) is 0 Å². The Morgan fingerprint density at radius 3 is 2.11 bits per heavy atom. The van der Waals surface area contributed by atoms with Crippen molar-refractivity contribution in [3.8, 4) is 5.75 Å². The molecule has 11 heteroatoms. The summed E-state index contributed by atoms with van der Waals surface area (Å²) in [5.41, 5.74) is 2.68. The Morgan fingerprint density at radius 2 is 1.57 bits per heavy atom. The number of urea groups is 1. The third-order valence-corrected chi connectivity index (χ3v) is 7.50. The van der Waals surface area contributed by atoms with Gasteiger partial charge in [0.25, 0.3) is 0 Å². The van der Waals surface area contributed by atoms with Gasteiger partial charge in [-0.05, 0) is 55.9 Å². The zero-order valence-corrected chi connectivity index (χ0v) is 19.8. The van der Waals surface area contributed by atoms with Gasteiger partial charge in [0.1, 0.15) is 12.0 Å². The highest BCUT2D eigenvalue weighted by Gasteiger charge is 2.54. The van der Waals surface area contributed by atoms with Crippen LogP contribution in [0.15, 0.2) is 24.3 Å². The smallest absolute Gasteiger partial charge is 0.406 e. The van der Waals surface area contributed by atoms with Gasteiger partial charge in [-0.1, -0.05) is 44.9 Å². The summed E-state index contributed by atoms with van der Waals surface area (Å²) in [4.78, 5) is 12.6. The highest BCUT2D eigenvalue weighted by molar-refractivity contribution is 5.89. The van der Waals surface area contributed by atoms with Crippen molar-refractivity contribution in [2.45, 2.75) is 95.5 Å². The molecule has 1 saturated heterocycles. The second kappa shape index (κ2) is 11.3. The lowest BCUT2D eigenvalue weighted by molar-refractivity contribution is -0.274. The minimum absolute atomic E-state index is 0.150. The molecule has 3 aliphatic rings. The number of hydrogen-bond acceptors (Lipinski definition) is 6. The maximum atomic E-state index is 12.6. The zero-order valence-electron chi connectivity index (χ0n) is 19.8. The third-order valence-electron chi connectivity index (χ3n) is 7.50. The summed E-state index contributed by atoms with van der Waals surface area (Å²) in [5.74, 6) is 0.142. The fraction of sp³-hybridized carbons (Fsp3) is 0.708. The standard InChI is InChI=1S/C24H36F3N5O3/c25-24(26,27)35-18-12-10-17(11-13-18)28-22(33)31-21-29-19(16-8-9-16)23(20(30-21)32-34)14-6-4-2-1-3-5-7-15-23/h10-13,16,19-21,29-30,32,34H,1-9,14-15H2,(H2,28,31,33). The molecule has 1 spiro atoms. The van der Waals surface area contributed by atoms with Crippen LogP contribution >= 0.6 is 0 Å². The van der Waals surface area contributed by atoms with Gasteiger partial charge < -0.3 is 20.6 Å². The van der Waals surface area contributed by atoms with E-state index in [1.165, 1.54) is 44.2 Å². The Labute approximate surface area is 203 Å². The Hall–Kier alpha value is -2.08. The Balaban J connectivity index is 1.40. The van der Waals surface area contributed by atoms with Crippen LogP contribution in [0.3, 0.4) is 0 Å². The number of halogens is 3. The van der Waals surface area contributed by atoms with E-state index < -0.39 is 18.7 Å². The molecule has 2 aliphatic carbocycles. The van der Waals surface area contributed by atoms with Crippen molar-refractivity contribution in [2.24, 2.45) is 11.3 Å². The second-order valence-electron chi connectivity index (χ2n) is 10.0. The molecule has 0 radical (unpaired) electrons. The number of anilines is 1. The van der Waals surface area contributed by atoms with E-state index in [-0.39, 0.29) is 23.4 Å². The Bertz CT molecular complexity index is 825. The van der Waals surface area contributed by atoms with Crippen LogP contribution in [0.4, 0.5) is 23.7 Å². The highest BCUT2D eigenvalue weighted by Crippen LogP contribution is 2.49. The molecule has 2 saturated carbocycles. The summed E-state index contributed by atoms with van der Waals surface area (Å²) in [6, 6.07) is 4.58. The van der Waals surface area contributed by atoms with Gasteiger partial charge >= 0.3 is 12.4 Å². The van der Waals surface area contributed by atoms with E-state index in [1.54, 1.807) is 0 Å². The first-order valence-electron chi connectivity index (χ1n) is 12.6. The van der Waals surface area contributed by atoms with Crippen LogP contribution in [-0.4, -0.2) is 36.1 Å². The Morgan fingerprint density at radius 1 is 0.971 bits per heavy atom. The van der Waals surface area contributed by atoms with Crippen LogP contribution in [0.1, 0.15) is 70.6 Å². The summed E-state index contributed by atoms with van der Waals surface area (Å²) in [5, 5.41) is 22.5. The molecule has 3 fully saturated rings. The number of ether oxygens (including phenoxy) is 1. The van der Waals surface area contributed by atoms with Gasteiger partial charge in [-0.15, -0.1) is 13.2 Å². The predicted octanol–water partition coefficient (Wildman–Crippen LogP) is 4.78. The summed E-state index contributed by atoms with van der Waals surface area (Å²) in [6.45, 7) is 0. The summed E-state index contributed by atoms with van der Waals surface area (Å²) in [6.07, 6.45) is 6.89. The van der Waals surface area contributed by atoms with Gasteiger partial charge in [-0.2, -0.15) is 5.48 Å². The van der Waals surface area contributed by atoms with Crippen molar-refractivity contribution in [1.82, 2.24) is 21.4 Å². The highest BCUT2D eigenvalue weighted by atomic mass is 19.4. The Kier molecular flexibility index (Phi) is 8.41. The topological polar surface area (TPSA) is 107 Å². The lowest BCUT2D eigenvalue weighted by Crippen LogP contribution is -2.76. The van der Waals surface area contributed by atoms with Crippen molar-refractivity contribution in [1.29, 1.82) is 0 Å². The summed E-state index contributed by atoms with van der Waals surface area (Å²) >= 11 is 0. The van der Waals surface area contributed by atoms with Crippen LogP contribution in [-0.2, 0) is 0 Å². The first kappa shape index (κ1) is 26.0. The maximum Gasteiger partial charge on any atom is 0.573 e. The molecule has 1 heterocycles. The average Bonchev–Trinajstić information content (AvgIpc) is 3.65. The van der Waals surface area contributed by atoms with E-state index in [0.717, 1.165) is 50.7 Å². The quantitative estimate of drug-likeness (QED) is 0.326. The van der Waals surface area contributed by atoms with Gasteiger partial charge in [0, 0.05) is 17.1 Å². The SMILES string of the molecule is O=C(Nc1ccc(OC(F)(F)F)cc1)NC1NC(NO)C2(CCCCCCCCC2)C(C2CC2)N1. The molecule has 4 rings (SSSR count). The second-order valence-corrected chi connectivity index (χ2v) is 10.0. The first-order valence-corrected chi connectivity index (χ1v) is 12.6. The average molecular weight is 500 g/mol. The monoisotopic (exact) mass is 499 g/mol. The fourth-order valence-electron chi connectivity index (χ4n) is 5.75. The molecule has 35 heavy (non-hydrogen) atoms. The summed E-state index contributed by atoms with van der Waals surface area (Å²) < 4.78 is 40.9. The lowest BCUT2D eigenvalue weighted by atomic mass is 9.66. The van der Waals surface area contributed by atoms with Crippen molar-refractivity contribution >= 4 is 11.7 Å². The van der Waals surface area contributed by atoms with Crippen LogP contribution in [0, 0.1) is 11.3 Å². The van der Waals surface area contributed by atoms with Gasteiger partial charge in [-0.25, -0.2) is 4.79 Å². The largest absolute Gasteiger partial charge is 0.573 e. The minimum atomic E-state index is -4.77. The number of rotatable bonds is 5. The molecule has 2 amide bonds. The van der Waals surface area contributed by atoms with E-state index in [9.17, 15) is 23.2 Å². The molecular formula is C24H36F3N5O3. The first-order chi connectivity index (χ1) is 16.8. The third kappa shape index (κ3) is 6.99. The van der Waals surface area contributed by atoms with Crippen molar-refractivity contribution in [3.05, 3.63) is 24.3 Å². The normalized spacial score (nSPS) is 27.7. The van der Waals surface area contributed by atoms with E-state index >= 15 is 0 Å². The fourth-order valence-corrected chi connectivity index (χ4v) is 5.75. The number of hydroxylamine groups is 1. The van der Waals surface area contributed by atoms with Crippen LogP contribution in [0.2, 0.25) is 0 Å². The molecular weight excluding hydrogens is 463 g/mol. The van der Waals surface area contributed by atoms with Gasteiger partial charge in [0.2, 0.25) is 0 Å². The maximum absolute atomic E-state index is 12.6. The summed E-state index contributed by atoms with van der Waals surface area (Å²) in [7, 11) is 0. The number of benzene rings is 1. The molecule has 6 N–H and O–H groups in total. The number of nitrogens with one attached hydrogen (secondary N) is 5. The predicted molar refractivity (Wildman–Crippen MR) is 125 cm³/mol. The number of carbonyl (C=O) groups excluding carboxylic acids is 1. The van der Waals surface area contributed by atoms with Gasteiger partial charge in [0.05, 0.1) is 6.17 Å². The molecule has 3 unspecified atom stereocenters. The van der Waals surface area contributed by atoms with Crippen LogP contribution < -0.4 is 31.5 Å².